The number of hydrogen-bond donors (Lipinski definition) is 4. The molecule has 3 atom stereocenters. The second-order valence-corrected chi connectivity index (χ2v) is 7.29. The number of hydrogen-bond acceptors (Lipinski definition) is 4. The lowest BCUT2D eigenvalue weighted by Gasteiger charge is -2.20. The Hall–Kier alpha value is -2.44. The van der Waals surface area contributed by atoms with Gasteiger partial charge in [-0.2, -0.15) is 0 Å². The highest BCUT2D eigenvalue weighted by molar-refractivity contribution is 5.85. The lowest BCUT2D eigenvalue weighted by Crippen LogP contribution is -2.45. The number of fused-ring (bicyclic) bond motifs is 1. The standard InChI is InChI=1S/C20H23N3O3/c24-19(25)11-16(15-8-5-12-3-1-2-4-14(12)9-15)21-20(26)18-10-17(22-23-18)13-6-7-13/h1-5,8-9,13,16-18,22-23H,6-7,10-11H2,(H,21,26)(H,24,25)/t16-,17?,18?/m0/s1. The minimum Gasteiger partial charge on any atom is -0.481 e. The summed E-state index contributed by atoms with van der Waals surface area (Å²) in [6, 6.07) is 13.2. The molecule has 6 nitrogen and oxygen atoms in total. The molecule has 0 radical (unpaired) electrons. The molecule has 136 valence electrons. The average Bonchev–Trinajstić information content (AvgIpc) is 3.37. The van der Waals surface area contributed by atoms with Crippen LogP contribution in [0.1, 0.15) is 37.3 Å². The van der Waals surface area contributed by atoms with Crippen LogP contribution in [0.25, 0.3) is 10.8 Å². The van der Waals surface area contributed by atoms with Crippen LogP contribution >= 0.6 is 0 Å². The van der Waals surface area contributed by atoms with Crippen LogP contribution in [0, 0.1) is 5.92 Å². The Morgan fingerprint density at radius 3 is 2.62 bits per heavy atom. The molecule has 0 spiro atoms. The molecule has 1 amide bonds. The zero-order valence-electron chi connectivity index (χ0n) is 14.4. The summed E-state index contributed by atoms with van der Waals surface area (Å²) in [4.78, 5) is 24.0. The van der Waals surface area contributed by atoms with Gasteiger partial charge in [-0.1, -0.05) is 36.4 Å². The minimum absolute atomic E-state index is 0.143. The van der Waals surface area contributed by atoms with E-state index in [0.717, 1.165) is 22.8 Å². The molecule has 26 heavy (non-hydrogen) atoms. The van der Waals surface area contributed by atoms with Crippen molar-refractivity contribution in [2.75, 3.05) is 0 Å². The first kappa shape index (κ1) is 17.0. The van der Waals surface area contributed by atoms with Crippen molar-refractivity contribution in [3.05, 3.63) is 48.0 Å². The molecule has 1 saturated heterocycles. The molecular formula is C20H23N3O3. The number of carbonyl (C=O) groups is 2. The van der Waals surface area contributed by atoms with Crippen LogP contribution in [-0.4, -0.2) is 29.1 Å². The summed E-state index contributed by atoms with van der Waals surface area (Å²) < 4.78 is 0. The van der Waals surface area contributed by atoms with Gasteiger partial charge in [0, 0.05) is 6.04 Å². The van der Waals surface area contributed by atoms with E-state index in [9.17, 15) is 14.7 Å². The first-order chi connectivity index (χ1) is 12.6. The minimum atomic E-state index is -0.933. The SMILES string of the molecule is O=C(O)C[C@H](NC(=O)C1CC(C2CC2)NN1)c1ccc2ccccc2c1. The maximum absolute atomic E-state index is 12.7. The molecule has 0 bridgehead atoms. The van der Waals surface area contributed by atoms with E-state index in [2.05, 4.69) is 16.2 Å². The lowest BCUT2D eigenvalue weighted by molar-refractivity contribution is -0.137. The normalized spacial score (nSPS) is 23.7. The van der Waals surface area contributed by atoms with Crippen LogP contribution < -0.4 is 16.2 Å². The number of hydrazine groups is 1. The Balaban J connectivity index is 1.50. The van der Waals surface area contributed by atoms with Gasteiger partial charge in [-0.25, -0.2) is 5.43 Å². The predicted molar refractivity (Wildman–Crippen MR) is 98.3 cm³/mol. The van der Waals surface area contributed by atoms with E-state index in [-0.39, 0.29) is 18.4 Å². The zero-order chi connectivity index (χ0) is 18.1. The highest BCUT2D eigenvalue weighted by Gasteiger charge is 2.39. The highest BCUT2D eigenvalue weighted by Crippen LogP contribution is 2.35. The molecular weight excluding hydrogens is 330 g/mol. The van der Waals surface area contributed by atoms with Gasteiger partial charge in [0.25, 0.3) is 0 Å². The molecule has 2 aliphatic rings. The molecule has 1 aliphatic heterocycles. The zero-order valence-corrected chi connectivity index (χ0v) is 14.4. The molecule has 2 aromatic rings. The highest BCUT2D eigenvalue weighted by atomic mass is 16.4. The van der Waals surface area contributed by atoms with E-state index < -0.39 is 12.0 Å². The van der Waals surface area contributed by atoms with Crippen LogP contribution in [-0.2, 0) is 9.59 Å². The van der Waals surface area contributed by atoms with Crippen LogP contribution in [0.4, 0.5) is 0 Å². The summed E-state index contributed by atoms with van der Waals surface area (Å²) in [5.41, 5.74) is 7.07. The molecule has 1 heterocycles. The first-order valence-electron chi connectivity index (χ1n) is 9.12. The second kappa shape index (κ2) is 7.05. The molecule has 1 saturated carbocycles. The third-order valence-electron chi connectivity index (χ3n) is 5.31. The van der Waals surface area contributed by atoms with E-state index in [1.807, 2.05) is 42.5 Å². The summed E-state index contributed by atoms with van der Waals surface area (Å²) >= 11 is 0. The number of benzene rings is 2. The first-order valence-corrected chi connectivity index (χ1v) is 9.12. The summed E-state index contributed by atoms with van der Waals surface area (Å²) in [5.74, 6) is -0.424. The van der Waals surface area contributed by atoms with E-state index in [1.54, 1.807) is 0 Å². The molecule has 2 fully saturated rings. The predicted octanol–water partition coefficient (Wildman–Crippen LogP) is 2.12. The van der Waals surface area contributed by atoms with Crippen molar-refractivity contribution in [3.63, 3.8) is 0 Å². The summed E-state index contributed by atoms with van der Waals surface area (Å²) in [6.45, 7) is 0. The quantitative estimate of drug-likeness (QED) is 0.639. The van der Waals surface area contributed by atoms with Gasteiger partial charge in [-0.15, -0.1) is 0 Å². The van der Waals surface area contributed by atoms with E-state index in [1.165, 1.54) is 12.8 Å². The number of aliphatic carboxylic acids is 1. The summed E-state index contributed by atoms with van der Waals surface area (Å²) in [5, 5.41) is 14.3. The van der Waals surface area contributed by atoms with E-state index >= 15 is 0 Å². The second-order valence-electron chi connectivity index (χ2n) is 7.29. The van der Waals surface area contributed by atoms with Gasteiger partial charge in [0.2, 0.25) is 5.91 Å². The number of carboxylic acids is 1. The number of amides is 1. The van der Waals surface area contributed by atoms with Crippen molar-refractivity contribution in [2.24, 2.45) is 5.92 Å². The Labute approximate surface area is 151 Å². The average molecular weight is 353 g/mol. The number of carbonyl (C=O) groups excluding carboxylic acids is 1. The maximum Gasteiger partial charge on any atom is 0.305 e. The fraction of sp³-hybridized carbons (Fsp3) is 0.400. The van der Waals surface area contributed by atoms with Crippen LogP contribution in [0.3, 0.4) is 0 Å². The maximum atomic E-state index is 12.7. The van der Waals surface area contributed by atoms with Crippen LogP contribution in [0.5, 0.6) is 0 Å². The van der Waals surface area contributed by atoms with Gasteiger partial charge >= 0.3 is 5.97 Å². The topological polar surface area (TPSA) is 90.5 Å². The Morgan fingerprint density at radius 1 is 1.12 bits per heavy atom. The van der Waals surface area contributed by atoms with Gasteiger partial charge in [-0.05, 0) is 47.6 Å². The molecule has 2 unspecified atom stereocenters. The molecule has 4 rings (SSSR count). The smallest absolute Gasteiger partial charge is 0.305 e. The lowest BCUT2D eigenvalue weighted by atomic mass is 9.99. The van der Waals surface area contributed by atoms with Crippen molar-refractivity contribution in [1.29, 1.82) is 0 Å². The van der Waals surface area contributed by atoms with Crippen molar-refractivity contribution < 1.29 is 14.7 Å². The van der Waals surface area contributed by atoms with Crippen molar-refractivity contribution >= 4 is 22.6 Å². The van der Waals surface area contributed by atoms with Gasteiger partial charge in [-0.3, -0.25) is 15.0 Å². The van der Waals surface area contributed by atoms with Gasteiger partial charge < -0.3 is 10.4 Å². The fourth-order valence-electron chi connectivity index (χ4n) is 3.68. The molecule has 2 aromatic carbocycles. The summed E-state index contributed by atoms with van der Waals surface area (Å²) in [7, 11) is 0. The number of carboxylic acid groups (broad SMARTS) is 1. The van der Waals surface area contributed by atoms with Gasteiger partial charge in [0.05, 0.1) is 12.5 Å². The number of rotatable bonds is 6. The Bertz CT molecular complexity index is 834. The number of nitrogens with one attached hydrogen (secondary N) is 3. The van der Waals surface area contributed by atoms with Crippen LogP contribution in [0.15, 0.2) is 42.5 Å². The Kier molecular flexibility index (Phi) is 4.61. The van der Waals surface area contributed by atoms with E-state index in [4.69, 9.17) is 0 Å². The third-order valence-corrected chi connectivity index (χ3v) is 5.31. The largest absolute Gasteiger partial charge is 0.481 e. The molecule has 1 aliphatic carbocycles. The van der Waals surface area contributed by atoms with E-state index in [0.29, 0.717) is 12.0 Å². The monoisotopic (exact) mass is 353 g/mol. The molecule has 4 N–H and O–H groups in total. The fourth-order valence-corrected chi connectivity index (χ4v) is 3.68. The van der Waals surface area contributed by atoms with Crippen molar-refractivity contribution in [2.45, 2.75) is 43.8 Å². The van der Waals surface area contributed by atoms with Crippen molar-refractivity contribution in [3.8, 4) is 0 Å². The van der Waals surface area contributed by atoms with Crippen molar-refractivity contribution in [1.82, 2.24) is 16.2 Å². The van der Waals surface area contributed by atoms with Gasteiger partial charge in [0.1, 0.15) is 6.04 Å². The molecule has 0 aromatic heterocycles. The van der Waals surface area contributed by atoms with Gasteiger partial charge in [0.15, 0.2) is 0 Å². The summed E-state index contributed by atoms with van der Waals surface area (Å²) in [6.07, 6.45) is 3.03. The molecule has 6 heteroatoms. The third kappa shape index (κ3) is 3.71. The Morgan fingerprint density at radius 2 is 1.88 bits per heavy atom. The van der Waals surface area contributed by atoms with Crippen LogP contribution in [0.2, 0.25) is 0 Å².